The zero-order chi connectivity index (χ0) is 17.2. The van der Waals surface area contributed by atoms with Crippen LogP contribution in [0.2, 0.25) is 5.02 Å². The summed E-state index contributed by atoms with van der Waals surface area (Å²) in [7, 11) is 2.72. The van der Waals surface area contributed by atoms with Gasteiger partial charge in [0.1, 0.15) is 11.1 Å². The molecule has 0 saturated heterocycles. The Morgan fingerprint density at radius 2 is 2.09 bits per heavy atom. The van der Waals surface area contributed by atoms with Crippen LogP contribution in [0.3, 0.4) is 0 Å². The van der Waals surface area contributed by atoms with E-state index in [0.717, 1.165) is 25.9 Å². The molecule has 0 aliphatic carbocycles. The number of nitro benzene ring substituents is 1. The molecule has 6 nitrogen and oxygen atoms in total. The number of aliphatic imine (C=N–C) groups is 1. The number of hydrogen-bond acceptors (Lipinski definition) is 7. The SMILES string of the molecule is CCCN(CCC)SSC(C#N)=Nc1ccc(Cl)c([N+](=O)[O-])c1. The molecule has 0 heterocycles. The number of halogens is 1. The molecular formula is C14H17ClN4O2S2. The molecule has 0 amide bonds. The van der Waals surface area contributed by atoms with Crippen LogP contribution in [-0.2, 0) is 0 Å². The second-order valence-corrected chi connectivity index (χ2v) is 7.08. The molecule has 1 aromatic carbocycles. The predicted octanol–water partition coefficient (Wildman–Crippen LogP) is 5.22. The van der Waals surface area contributed by atoms with Crippen LogP contribution in [0.5, 0.6) is 0 Å². The Morgan fingerprint density at radius 3 is 2.61 bits per heavy atom. The van der Waals surface area contributed by atoms with Crippen molar-refractivity contribution in [1.82, 2.24) is 4.31 Å². The van der Waals surface area contributed by atoms with Crippen LogP contribution in [0.1, 0.15) is 26.7 Å². The van der Waals surface area contributed by atoms with Gasteiger partial charge < -0.3 is 0 Å². The molecule has 0 radical (unpaired) electrons. The Kier molecular flexibility index (Phi) is 9.02. The van der Waals surface area contributed by atoms with Gasteiger partial charge in [0.25, 0.3) is 5.69 Å². The maximum atomic E-state index is 10.9. The predicted molar refractivity (Wildman–Crippen MR) is 98.2 cm³/mol. The van der Waals surface area contributed by atoms with Gasteiger partial charge >= 0.3 is 0 Å². The van der Waals surface area contributed by atoms with Crippen LogP contribution in [0, 0.1) is 21.4 Å². The van der Waals surface area contributed by atoms with E-state index in [-0.39, 0.29) is 15.8 Å². The van der Waals surface area contributed by atoms with Crippen molar-refractivity contribution >= 4 is 49.8 Å². The average Bonchev–Trinajstić information content (AvgIpc) is 2.52. The van der Waals surface area contributed by atoms with Crippen molar-refractivity contribution in [2.45, 2.75) is 26.7 Å². The summed E-state index contributed by atoms with van der Waals surface area (Å²) in [5, 5.41) is 20.4. The number of hydrogen-bond donors (Lipinski definition) is 0. The van der Waals surface area contributed by atoms with Crippen molar-refractivity contribution in [1.29, 1.82) is 5.26 Å². The first-order valence-corrected chi connectivity index (χ1v) is 9.52. The molecule has 0 N–H and O–H groups in total. The Morgan fingerprint density at radius 1 is 1.43 bits per heavy atom. The van der Waals surface area contributed by atoms with Crippen LogP contribution in [-0.4, -0.2) is 27.4 Å². The molecular weight excluding hydrogens is 356 g/mol. The van der Waals surface area contributed by atoms with E-state index in [1.165, 1.54) is 33.9 Å². The Bertz CT molecular complexity index is 613. The Balaban J connectivity index is 2.85. The number of benzene rings is 1. The minimum Gasteiger partial charge on any atom is -0.258 e. The minimum absolute atomic E-state index is 0.0477. The number of nitrogens with zero attached hydrogens (tertiary/aromatic N) is 4. The standard InChI is InChI=1S/C14H17ClN4O2S2/c1-3-7-18(8-4-2)23-22-14(10-16)17-11-5-6-12(15)13(9-11)19(20)21/h5-6,9H,3-4,7-8H2,1-2H3. The summed E-state index contributed by atoms with van der Waals surface area (Å²) in [5.74, 6) is 0. The van der Waals surface area contributed by atoms with Gasteiger partial charge in [0, 0.05) is 19.2 Å². The van der Waals surface area contributed by atoms with Gasteiger partial charge in [-0.05, 0) is 46.7 Å². The summed E-state index contributed by atoms with van der Waals surface area (Å²) in [4.78, 5) is 14.5. The van der Waals surface area contributed by atoms with Crippen molar-refractivity contribution in [2.24, 2.45) is 4.99 Å². The highest BCUT2D eigenvalue weighted by Gasteiger charge is 2.13. The fourth-order valence-corrected chi connectivity index (χ4v) is 3.92. The van der Waals surface area contributed by atoms with Gasteiger partial charge in [-0.1, -0.05) is 25.4 Å². The highest BCUT2D eigenvalue weighted by molar-refractivity contribution is 8.81. The van der Waals surface area contributed by atoms with Gasteiger partial charge in [-0.3, -0.25) is 10.1 Å². The lowest BCUT2D eigenvalue weighted by molar-refractivity contribution is -0.384. The lowest BCUT2D eigenvalue weighted by atomic mass is 10.3. The van der Waals surface area contributed by atoms with Gasteiger partial charge in [-0.15, -0.1) is 0 Å². The average molecular weight is 373 g/mol. The summed E-state index contributed by atoms with van der Waals surface area (Å²) < 4.78 is 2.17. The fourth-order valence-electron chi connectivity index (χ4n) is 1.66. The second kappa shape index (κ2) is 10.5. The summed E-state index contributed by atoms with van der Waals surface area (Å²) in [6.07, 6.45) is 2.05. The molecule has 0 aromatic heterocycles. The van der Waals surface area contributed by atoms with E-state index in [2.05, 4.69) is 23.1 Å². The van der Waals surface area contributed by atoms with E-state index in [9.17, 15) is 15.4 Å². The largest absolute Gasteiger partial charge is 0.290 e. The molecule has 0 spiro atoms. The summed E-state index contributed by atoms with van der Waals surface area (Å²) >= 11 is 5.76. The molecule has 0 bridgehead atoms. The first-order chi connectivity index (χ1) is 11.0. The molecule has 0 fully saturated rings. The van der Waals surface area contributed by atoms with E-state index < -0.39 is 4.92 Å². The Labute approximate surface area is 148 Å². The van der Waals surface area contributed by atoms with Crippen molar-refractivity contribution in [3.8, 4) is 6.07 Å². The normalized spacial score (nSPS) is 11.5. The summed E-state index contributed by atoms with van der Waals surface area (Å²) in [6.45, 7) is 6.05. The fraction of sp³-hybridized carbons (Fsp3) is 0.429. The van der Waals surface area contributed by atoms with Crippen molar-refractivity contribution in [3.63, 3.8) is 0 Å². The molecule has 23 heavy (non-hydrogen) atoms. The highest BCUT2D eigenvalue weighted by atomic mass is 35.5. The third-order valence-electron chi connectivity index (χ3n) is 2.62. The first kappa shape index (κ1) is 19.8. The van der Waals surface area contributed by atoms with Crippen molar-refractivity contribution in [2.75, 3.05) is 13.1 Å². The van der Waals surface area contributed by atoms with Gasteiger partial charge in [0.05, 0.1) is 10.6 Å². The summed E-state index contributed by atoms with van der Waals surface area (Å²) in [5.41, 5.74) is 0.115. The first-order valence-electron chi connectivity index (χ1n) is 7.04. The maximum Gasteiger partial charge on any atom is 0.290 e. The van der Waals surface area contributed by atoms with Crippen LogP contribution >= 0.6 is 33.4 Å². The van der Waals surface area contributed by atoms with Gasteiger partial charge in [0.15, 0.2) is 5.04 Å². The van der Waals surface area contributed by atoms with Crippen LogP contribution in [0.25, 0.3) is 0 Å². The lowest BCUT2D eigenvalue weighted by Gasteiger charge is -2.17. The minimum atomic E-state index is -0.570. The maximum absolute atomic E-state index is 10.9. The van der Waals surface area contributed by atoms with Crippen LogP contribution < -0.4 is 0 Å². The lowest BCUT2D eigenvalue weighted by Crippen LogP contribution is -2.16. The van der Waals surface area contributed by atoms with Crippen LogP contribution in [0.4, 0.5) is 11.4 Å². The van der Waals surface area contributed by atoms with E-state index >= 15 is 0 Å². The quantitative estimate of drug-likeness (QED) is 0.155. The number of nitriles is 1. The molecule has 124 valence electrons. The molecule has 0 aliphatic rings. The van der Waals surface area contributed by atoms with E-state index in [4.69, 9.17) is 11.6 Å². The van der Waals surface area contributed by atoms with Crippen LogP contribution in [0.15, 0.2) is 23.2 Å². The third-order valence-corrected chi connectivity index (χ3v) is 5.26. The topological polar surface area (TPSA) is 82.5 Å². The zero-order valence-electron chi connectivity index (χ0n) is 12.9. The monoisotopic (exact) mass is 372 g/mol. The Hall–Kier alpha value is -1.27. The zero-order valence-corrected chi connectivity index (χ0v) is 15.2. The number of rotatable bonds is 8. The van der Waals surface area contributed by atoms with E-state index in [0.29, 0.717) is 5.69 Å². The smallest absolute Gasteiger partial charge is 0.258 e. The van der Waals surface area contributed by atoms with Gasteiger partial charge in [-0.2, -0.15) is 5.26 Å². The second-order valence-electron chi connectivity index (χ2n) is 4.51. The van der Waals surface area contributed by atoms with Gasteiger partial charge in [-0.25, -0.2) is 9.30 Å². The van der Waals surface area contributed by atoms with E-state index in [1.807, 2.05) is 6.07 Å². The molecule has 0 unspecified atom stereocenters. The number of nitro groups is 1. The molecule has 9 heteroatoms. The van der Waals surface area contributed by atoms with Crippen molar-refractivity contribution < 1.29 is 4.92 Å². The molecule has 0 saturated carbocycles. The highest BCUT2D eigenvalue weighted by Crippen LogP contribution is 2.32. The van der Waals surface area contributed by atoms with E-state index in [1.54, 1.807) is 6.07 Å². The molecule has 1 rings (SSSR count). The van der Waals surface area contributed by atoms with Gasteiger partial charge in [0.2, 0.25) is 0 Å². The molecule has 0 atom stereocenters. The molecule has 0 aliphatic heterocycles. The third kappa shape index (κ3) is 6.79. The summed E-state index contributed by atoms with van der Waals surface area (Å²) in [6, 6.07) is 6.24. The van der Waals surface area contributed by atoms with Crippen molar-refractivity contribution in [3.05, 3.63) is 33.3 Å². The molecule has 1 aromatic rings.